The molecule has 0 unspecified atom stereocenters. The molecule has 0 saturated carbocycles. The zero-order chi connectivity index (χ0) is 14.5. The second-order valence-corrected chi connectivity index (χ2v) is 6.95. The minimum atomic E-state index is 0.267. The number of benzene rings is 1. The zero-order valence-electron chi connectivity index (χ0n) is 13.1. The molecule has 0 bridgehead atoms. The van der Waals surface area contributed by atoms with Crippen molar-refractivity contribution in [3.05, 3.63) is 59.9 Å². The van der Waals surface area contributed by atoms with Gasteiger partial charge in [-0.25, -0.2) is 0 Å². The molecule has 0 aliphatic carbocycles. The average molecular weight is 257 g/mol. The molecule has 1 nitrogen and oxygen atoms in total. The van der Waals surface area contributed by atoms with Crippen molar-refractivity contribution in [1.29, 1.82) is 0 Å². The standard InChI is InChI=1S/C10H14.C8H13N/c1-10(2,3)9-7-5-4-6-8-9;1-8(2,3)7-5-4-6-9-7/h4-8H,1-3H3;4-6,9H,1-3H3. The van der Waals surface area contributed by atoms with Gasteiger partial charge in [0.2, 0.25) is 0 Å². The highest BCUT2D eigenvalue weighted by molar-refractivity contribution is 5.22. The Labute approximate surface area is 118 Å². The predicted octanol–water partition coefficient (Wildman–Crippen LogP) is 5.30. The lowest BCUT2D eigenvalue weighted by molar-refractivity contribution is 0.573. The van der Waals surface area contributed by atoms with Gasteiger partial charge in [0.15, 0.2) is 0 Å². The highest BCUT2D eigenvalue weighted by Gasteiger charge is 2.13. The number of H-pyrrole nitrogens is 1. The van der Waals surface area contributed by atoms with Gasteiger partial charge in [0.05, 0.1) is 0 Å². The first-order chi connectivity index (χ1) is 8.71. The summed E-state index contributed by atoms with van der Waals surface area (Å²) in [7, 11) is 0. The van der Waals surface area contributed by atoms with Gasteiger partial charge >= 0.3 is 0 Å². The summed E-state index contributed by atoms with van der Waals surface area (Å²) in [5, 5.41) is 0. The van der Waals surface area contributed by atoms with Crippen LogP contribution >= 0.6 is 0 Å². The van der Waals surface area contributed by atoms with Crippen LogP contribution in [0.1, 0.15) is 52.8 Å². The molecule has 2 rings (SSSR count). The molecule has 1 aromatic carbocycles. The molecule has 1 aromatic heterocycles. The Kier molecular flexibility index (Phi) is 4.99. The molecule has 0 saturated heterocycles. The second kappa shape index (κ2) is 6.10. The molecule has 0 spiro atoms. The highest BCUT2D eigenvalue weighted by atomic mass is 14.7. The Morgan fingerprint density at radius 2 is 1.26 bits per heavy atom. The van der Waals surface area contributed by atoms with Crippen LogP contribution in [0.3, 0.4) is 0 Å². The molecule has 104 valence electrons. The molecular weight excluding hydrogens is 230 g/mol. The van der Waals surface area contributed by atoms with E-state index in [1.54, 1.807) is 0 Å². The number of nitrogens with one attached hydrogen (secondary N) is 1. The SMILES string of the molecule is CC(C)(C)c1ccc[nH]1.CC(C)(C)c1ccccc1. The molecule has 0 radical (unpaired) electrons. The van der Waals surface area contributed by atoms with Gasteiger partial charge in [0.1, 0.15) is 0 Å². The van der Waals surface area contributed by atoms with Gasteiger partial charge in [-0.05, 0) is 23.1 Å². The normalized spacial score (nSPS) is 11.7. The van der Waals surface area contributed by atoms with Gasteiger partial charge in [-0.15, -0.1) is 0 Å². The summed E-state index contributed by atoms with van der Waals surface area (Å²) in [6.07, 6.45) is 1.96. The molecule has 1 heteroatoms. The Balaban J connectivity index is 0.000000191. The maximum Gasteiger partial charge on any atom is 0.0201 e. The van der Waals surface area contributed by atoms with Crippen molar-refractivity contribution in [2.24, 2.45) is 0 Å². The Morgan fingerprint density at radius 3 is 1.53 bits per heavy atom. The lowest BCUT2D eigenvalue weighted by Crippen LogP contribution is -2.10. The van der Waals surface area contributed by atoms with E-state index in [0.717, 1.165) is 0 Å². The fourth-order valence-electron chi connectivity index (χ4n) is 1.74. The first-order valence-electron chi connectivity index (χ1n) is 6.90. The average Bonchev–Trinajstić information content (AvgIpc) is 2.83. The maximum atomic E-state index is 3.18. The van der Waals surface area contributed by atoms with E-state index in [1.165, 1.54) is 11.3 Å². The fourth-order valence-corrected chi connectivity index (χ4v) is 1.74. The first-order valence-corrected chi connectivity index (χ1v) is 6.90. The maximum absolute atomic E-state index is 3.18. The van der Waals surface area contributed by atoms with Crippen molar-refractivity contribution >= 4 is 0 Å². The molecule has 0 atom stereocenters. The zero-order valence-corrected chi connectivity index (χ0v) is 13.1. The van der Waals surface area contributed by atoms with Crippen molar-refractivity contribution < 1.29 is 0 Å². The van der Waals surface area contributed by atoms with Crippen LogP contribution < -0.4 is 0 Å². The van der Waals surface area contributed by atoms with Gasteiger partial charge in [-0.3, -0.25) is 0 Å². The van der Waals surface area contributed by atoms with Crippen molar-refractivity contribution in [2.45, 2.75) is 52.4 Å². The number of rotatable bonds is 0. The van der Waals surface area contributed by atoms with Crippen LogP contribution in [0.5, 0.6) is 0 Å². The van der Waals surface area contributed by atoms with Gasteiger partial charge in [-0.1, -0.05) is 71.9 Å². The van der Waals surface area contributed by atoms with Crippen molar-refractivity contribution in [1.82, 2.24) is 4.98 Å². The van der Waals surface area contributed by atoms with E-state index in [9.17, 15) is 0 Å². The lowest BCUT2D eigenvalue weighted by Gasteiger charge is -2.18. The molecule has 2 aromatic rings. The van der Waals surface area contributed by atoms with E-state index in [4.69, 9.17) is 0 Å². The van der Waals surface area contributed by atoms with Crippen LogP contribution in [-0.4, -0.2) is 4.98 Å². The molecule has 1 N–H and O–H groups in total. The molecule has 19 heavy (non-hydrogen) atoms. The summed E-state index contributed by atoms with van der Waals surface area (Å²) in [5.41, 5.74) is 3.25. The summed E-state index contributed by atoms with van der Waals surface area (Å²) in [6.45, 7) is 13.3. The fraction of sp³-hybridized carbons (Fsp3) is 0.444. The molecule has 1 heterocycles. The Morgan fingerprint density at radius 1 is 0.684 bits per heavy atom. The minimum Gasteiger partial charge on any atom is -0.365 e. The van der Waals surface area contributed by atoms with Gasteiger partial charge in [-0.2, -0.15) is 0 Å². The third kappa shape index (κ3) is 5.34. The van der Waals surface area contributed by atoms with Crippen molar-refractivity contribution in [2.75, 3.05) is 0 Å². The van der Waals surface area contributed by atoms with Crippen molar-refractivity contribution in [3.8, 4) is 0 Å². The van der Waals surface area contributed by atoms with E-state index < -0.39 is 0 Å². The van der Waals surface area contributed by atoms with Crippen LogP contribution in [0.25, 0.3) is 0 Å². The van der Waals surface area contributed by atoms with Crippen LogP contribution in [0.2, 0.25) is 0 Å². The summed E-state index contributed by atoms with van der Waals surface area (Å²) < 4.78 is 0. The summed E-state index contributed by atoms with van der Waals surface area (Å²) in [6, 6.07) is 14.7. The molecule has 0 aliphatic heterocycles. The van der Waals surface area contributed by atoms with Gasteiger partial charge in [0, 0.05) is 17.3 Å². The van der Waals surface area contributed by atoms with E-state index >= 15 is 0 Å². The summed E-state index contributed by atoms with van der Waals surface area (Å²) in [5.74, 6) is 0. The van der Waals surface area contributed by atoms with Gasteiger partial charge in [0.25, 0.3) is 0 Å². The van der Waals surface area contributed by atoms with Crippen LogP contribution in [0.4, 0.5) is 0 Å². The molecule has 0 aliphatic rings. The Hall–Kier alpha value is -1.50. The highest BCUT2D eigenvalue weighted by Crippen LogP contribution is 2.20. The van der Waals surface area contributed by atoms with E-state index in [-0.39, 0.29) is 5.41 Å². The monoisotopic (exact) mass is 257 g/mol. The van der Waals surface area contributed by atoms with E-state index in [2.05, 4.69) is 82.9 Å². The minimum absolute atomic E-state index is 0.267. The summed E-state index contributed by atoms with van der Waals surface area (Å²) >= 11 is 0. The number of hydrogen-bond acceptors (Lipinski definition) is 0. The molecule has 0 amide bonds. The first kappa shape index (κ1) is 15.6. The Bertz CT molecular complexity index is 453. The smallest absolute Gasteiger partial charge is 0.0201 e. The van der Waals surface area contributed by atoms with Crippen LogP contribution in [-0.2, 0) is 10.8 Å². The largest absolute Gasteiger partial charge is 0.365 e. The van der Waals surface area contributed by atoms with Gasteiger partial charge < -0.3 is 4.98 Å². The summed E-state index contributed by atoms with van der Waals surface area (Å²) in [4.78, 5) is 3.18. The topological polar surface area (TPSA) is 15.8 Å². The molecule has 0 fully saturated rings. The van der Waals surface area contributed by atoms with Crippen LogP contribution in [0, 0.1) is 0 Å². The van der Waals surface area contributed by atoms with Crippen LogP contribution in [0.15, 0.2) is 48.7 Å². The second-order valence-electron chi connectivity index (χ2n) is 6.95. The number of hydrogen-bond donors (Lipinski definition) is 1. The predicted molar refractivity (Wildman–Crippen MR) is 84.6 cm³/mol. The molecular formula is C18H27N. The van der Waals surface area contributed by atoms with E-state index in [0.29, 0.717) is 5.41 Å². The third-order valence-electron chi connectivity index (χ3n) is 3.05. The van der Waals surface area contributed by atoms with Crippen molar-refractivity contribution in [3.63, 3.8) is 0 Å². The number of aromatic nitrogens is 1. The third-order valence-corrected chi connectivity index (χ3v) is 3.05. The quantitative estimate of drug-likeness (QED) is 0.659. The van der Waals surface area contributed by atoms with E-state index in [1.807, 2.05) is 12.3 Å². The number of aromatic amines is 1. The lowest BCUT2D eigenvalue weighted by atomic mass is 9.87.